The Hall–Kier alpha value is -4.68. The number of aromatic nitrogens is 3. The van der Waals surface area contributed by atoms with Crippen LogP contribution in [0.3, 0.4) is 0 Å². The third kappa shape index (κ3) is 5.53. The van der Waals surface area contributed by atoms with Crippen molar-refractivity contribution in [1.29, 1.82) is 0 Å². The van der Waals surface area contributed by atoms with E-state index in [1.165, 1.54) is 23.6 Å². The molecule has 0 radical (unpaired) electrons. The molecule has 6 rings (SSSR count). The lowest BCUT2D eigenvalue weighted by molar-refractivity contribution is -0.127. The monoisotopic (exact) mass is 631 g/mol. The highest BCUT2D eigenvalue weighted by atomic mass is 35.5. The summed E-state index contributed by atoms with van der Waals surface area (Å²) in [6.07, 6.45) is 4.64. The number of para-hydroxylation sites is 1. The average molecular weight is 632 g/mol. The minimum Gasteiger partial charge on any atom is -0.493 e. The van der Waals surface area contributed by atoms with E-state index in [1.807, 2.05) is 38.1 Å². The van der Waals surface area contributed by atoms with Gasteiger partial charge in [0.15, 0.2) is 28.3 Å². The number of pyridine rings is 2. The van der Waals surface area contributed by atoms with Crippen LogP contribution in [-0.4, -0.2) is 71.1 Å². The molecule has 0 unspecified atom stereocenters. The molecule has 4 aromatic rings. The van der Waals surface area contributed by atoms with Crippen molar-refractivity contribution >= 4 is 57.2 Å². The molecule has 226 valence electrons. The van der Waals surface area contributed by atoms with Crippen LogP contribution in [0.15, 0.2) is 55.4 Å². The minimum atomic E-state index is -0.313. The van der Waals surface area contributed by atoms with E-state index in [9.17, 15) is 9.59 Å². The number of amides is 2. The molecular formula is C31H30ClN7O4S. The van der Waals surface area contributed by atoms with Gasteiger partial charge >= 0.3 is 0 Å². The first-order valence-electron chi connectivity index (χ1n) is 13.9. The second kappa shape index (κ2) is 12.1. The number of carbonyl (C=O) groups excluding carboxylic acids is 2. The predicted octanol–water partition coefficient (Wildman–Crippen LogP) is 5.47. The van der Waals surface area contributed by atoms with Gasteiger partial charge in [-0.1, -0.05) is 41.6 Å². The number of fused-ring (bicyclic) bond motifs is 3. The third-order valence-electron chi connectivity index (χ3n) is 7.69. The van der Waals surface area contributed by atoms with Gasteiger partial charge in [-0.25, -0.2) is 15.0 Å². The van der Waals surface area contributed by atoms with Gasteiger partial charge in [0, 0.05) is 37.0 Å². The number of carbonyl (C=O) groups is 2. The largest absolute Gasteiger partial charge is 0.493 e. The van der Waals surface area contributed by atoms with Crippen molar-refractivity contribution in [2.45, 2.75) is 19.9 Å². The molecule has 2 N–H and O–H groups in total. The van der Waals surface area contributed by atoms with E-state index in [2.05, 4.69) is 27.1 Å². The predicted molar refractivity (Wildman–Crippen MR) is 172 cm³/mol. The molecule has 0 saturated carbocycles. The molecule has 0 aliphatic carbocycles. The van der Waals surface area contributed by atoms with Gasteiger partial charge in [-0.2, -0.15) is 0 Å². The maximum atomic E-state index is 12.9. The number of aryl methyl sites for hydroxylation is 1. The van der Waals surface area contributed by atoms with Gasteiger partial charge in [0.2, 0.25) is 5.91 Å². The summed E-state index contributed by atoms with van der Waals surface area (Å²) in [6.45, 7) is 9.72. The molecule has 5 heterocycles. The lowest BCUT2D eigenvalue weighted by Gasteiger charge is -2.44. The molecule has 0 spiro atoms. The summed E-state index contributed by atoms with van der Waals surface area (Å²) in [6, 6.07) is 9.13. The fraction of sp³-hybridized carbons (Fsp3) is 0.258. The Balaban J connectivity index is 1.22. The number of benzene rings is 1. The van der Waals surface area contributed by atoms with E-state index in [4.69, 9.17) is 31.0 Å². The zero-order chi connectivity index (χ0) is 31.0. The number of halogens is 1. The molecule has 1 fully saturated rings. The average Bonchev–Trinajstić information content (AvgIpc) is 3.51. The van der Waals surface area contributed by atoms with Gasteiger partial charge in [-0.3, -0.25) is 9.59 Å². The second-order valence-corrected chi connectivity index (χ2v) is 11.8. The molecule has 11 nitrogen and oxygen atoms in total. The molecule has 1 saturated heterocycles. The molecule has 13 heteroatoms. The second-order valence-electron chi connectivity index (χ2n) is 10.4. The van der Waals surface area contributed by atoms with Crippen molar-refractivity contribution in [1.82, 2.24) is 19.9 Å². The molecule has 2 amide bonds. The summed E-state index contributed by atoms with van der Waals surface area (Å²) in [4.78, 5) is 43.5. The van der Waals surface area contributed by atoms with Crippen molar-refractivity contribution in [2.75, 3.05) is 48.9 Å². The standard InChI is InChI=1S/C31H30ClN7O4S/c1-5-25(40)38-11-12-39-19(15-38)16-43-27-18(3)20(13-33-29(27)39)22-9-10-23(42-4)28(35-22)37-31-34-14-24(44-31)30(41)36-26-17(2)7-6-8-21(26)32/h5-10,13-14,19H,1,11-12,15-16H2,2-4H3,(H,36,41)(H,34,35,37)/t19-/m0/s1. The van der Waals surface area contributed by atoms with Gasteiger partial charge < -0.3 is 29.9 Å². The summed E-state index contributed by atoms with van der Waals surface area (Å²) in [5, 5.41) is 7.00. The van der Waals surface area contributed by atoms with E-state index in [0.717, 1.165) is 22.5 Å². The smallest absolute Gasteiger partial charge is 0.267 e. The lowest BCUT2D eigenvalue weighted by atomic mass is 10.0. The molecule has 1 atom stereocenters. The highest BCUT2D eigenvalue weighted by Gasteiger charge is 2.36. The van der Waals surface area contributed by atoms with Gasteiger partial charge in [0.05, 0.1) is 35.8 Å². The first-order valence-corrected chi connectivity index (χ1v) is 15.1. The number of anilines is 4. The van der Waals surface area contributed by atoms with Crippen LogP contribution >= 0.6 is 22.9 Å². The number of nitrogens with zero attached hydrogens (tertiary/aromatic N) is 5. The number of thiazole rings is 1. The first kappa shape index (κ1) is 29.4. The fourth-order valence-electron chi connectivity index (χ4n) is 5.35. The van der Waals surface area contributed by atoms with Crippen molar-refractivity contribution in [2.24, 2.45) is 0 Å². The fourth-order valence-corrected chi connectivity index (χ4v) is 6.33. The van der Waals surface area contributed by atoms with E-state index in [0.29, 0.717) is 70.0 Å². The van der Waals surface area contributed by atoms with Gasteiger partial charge in [0.25, 0.3) is 5.91 Å². The summed E-state index contributed by atoms with van der Waals surface area (Å²) in [7, 11) is 1.56. The lowest BCUT2D eigenvalue weighted by Crippen LogP contribution is -2.58. The van der Waals surface area contributed by atoms with Gasteiger partial charge in [-0.05, 0) is 43.7 Å². The Kier molecular flexibility index (Phi) is 8.11. The van der Waals surface area contributed by atoms with Crippen LogP contribution in [0.2, 0.25) is 5.02 Å². The molecule has 2 aliphatic rings. The van der Waals surface area contributed by atoms with Crippen LogP contribution < -0.4 is 25.0 Å². The molecule has 2 aliphatic heterocycles. The van der Waals surface area contributed by atoms with E-state index >= 15 is 0 Å². The van der Waals surface area contributed by atoms with Crippen LogP contribution in [0.25, 0.3) is 11.3 Å². The summed E-state index contributed by atoms with van der Waals surface area (Å²) >= 11 is 7.46. The van der Waals surface area contributed by atoms with Gasteiger partial charge in [0.1, 0.15) is 11.5 Å². The number of hydrogen-bond donors (Lipinski definition) is 2. The van der Waals surface area contributed by atoms with Gasteiger partial charge in [-0.15, -0.1) is 0 Å². The number of piperazine rings is 1. The van der Waals surface area contributed by atoms with Crippen LogP contribution in [0, 0.1) is 13.8 Å². The molecule has 44 heavy (non-hydrogen) atoms. The van der Waals surface area contributed by atoms with Crippen LogP contribution in [0.4, 0.5) is 22.5 Å². The summed E-state index contributed by atoms with van der Waals surface area (Å²) < 4.78 is 11.8. The number of hydrogen-bond acceptors (Lipinski definition) is 10. The number of rotatable bonds is 7. The Morgan fingerprint density at radius 1 is 1.18 bits per heavy atom. The zero-order valence-corrected chi connectivity index (χ0v) is 26.0. The number of nitrogens with one attached hydrogen (secondary N) is 2. The van der Waals surface area contributed by atoms with E-state index in [-0.39, 0.29) is 17.9 Å². The van der Waals surface area contributed by atoms with Crippen molar-refractivity contribution in [3.8, 4) is 22.8 Å². The topological polar surface area (TPSA) is 122 Å². The molecule has 3 aromatic heterocycles. The van der Waals surface area contributed by atoms with E-state index in [1.54, 1.807) is 24.3 Å². The van der Waals surface area contributed by atoms with Crippen LogP contribution in [0.5, 0.6) is 11.5 Å². The SMILES string of the molecule is C=CC(=O)N1CCN2c3ncc(-c4ccc(OC)c(Nc5ncc(C(=O)Nc6c(C)cccc6Cl)s5)n4)c(C)c3OC[C@@H]2C1. The Labute approximate surface area is 263 Å². The van der Waals surface area contributed by atoms with E-state index < -0.39 is 0 Å². The number of ether oxygens (including phenoxy) is 2. The van der Waals surface area contributed by atoms with Crippen LogP contribution in [0.1, 0.15) is 20.8 Å². The van der Waals surface area contributed by atoms with Crippen molar-refractivity contribution in [3.63, 3.8) is 0 Å². The molecule has 1 aromatic carbocycles. The van der Waals surface area contributed by atoms with Crippen molar-refractivity contribution in [3.05, 3.63) is 76.4 Å². The molecule has 0 bridgehead atoms. The maximum absolute atomic E-state index is 12.9. The maximum Gasteiger partial charge on any atom is 0.267 e. The third-order valence-corrected chi connectivity index (χ3v) is 8.92. The normalized spacial score (nSPS) is 15.5. The van der Waals surface area contributed by atoms with Crippen molar-refractivity contribution < 1.29 is 19.1 Å². The summed E-state index contributed by atoms with van der Waals surface area (Å²) in [5.74, 6) is 2.03. The highest BCUT2D eigenvalue weighted by Crippen LogP contribution is 2.41. The zero-order valence-electron chi connectivity index (χ0n) is 24.4. The Bertz CT molecular complexity index is 1760. The minimum absolute atomic E-state index is 0.0202. The summed E-state index contributed by atoms with van der Waals surface area (Å²) in [5.41, 5.74) is 3.81. The molecular weight excluding hydrogens is 602 g/mol. The Morgan fingerprint density at radius 3 is 2.80 bits per heavy atom. The number of methoxy groups -OCH3 is 1. The highest BCUT2D eigenvalue weighted by molar-refractivity contribution is 7.17. The van der Waals surface area contributed by atoms with Crippen LogP contribution in [-0.2, 0) is 4.79 Å². The quantitative estimate of drug-likeness (QED) is 0.256. The Morgan fingerprint density at radius 2 is 2.02 bits per heavy atom. The first-order chi connectivity index (χ1) is 21.3.